The molecule has 1 N–H and O–H groups in total. The van der Waals surface area contributed by atoms with E-state index >= 15 is 0 Å². The van der Waals surface area contributed by atoms with Crippen LogP contribution in [0.25, 0.3) is 23.0 Å². The summed E-state index contributed by atoms with van der Waals surface area (Å²) in [5, 5.41) is 27.8. The summed E-state index contributed by atoms with van der Waals surface area (Å²) in [4.78, 5) is 23.2. The Morgan fingerprint density at radius 2 is 1.73 bits per heavy atom. The second-order valence-electron chi connectivity index (χ2n) is 7.01. The highest BCUT2D eigenvalue weighted by Crippen LogP contribution is 2.26. The highest BCUT2D eigenvalue weighted by Gasteiger charge is 2.16. The molecule has 0 saturated heterocycles. The largest absolute Gasteiger partial charge is 0.321 e. The number of para-hydroxylation sites is 1. The number of benzene rings is 3. The van der Waals surface area contributed by atoms with E-state index in [9.17, 15) is 20.2 Å². The summed E-state index contributed by atoms with van der Waals surface area (Å²) >= 11 is 0. The molecule has 3 aromatic carbocycles. The van der Waals surface area contributed by atoms with Gasteiger partial charge in [-0.2, -0.15) is 10.4 Å². The van der Waals surface area contributed by atoms with Crippen molar-refractivity contribution in [2.75, 3.05) is 5.32 Å². The molecule has 4 aromatic rings. The average Bonchev–Trinajstić information content (AvgIpc) is 3.27. The van der Waals surface area contributed by atoms with Gasteiger partial charge in [-0.3, -0.25) is 14.9 Å². The highest BCUT2D eigenvalue weighted by atomic mass is 16.6. The standard InChI is InChI=1S/C25H17N5O3/c26-16-19(25(31)27-21-10-7-13-23(15-21)30(32)33)14-20-17-29(22-11-5-2-6-12-22)28-24(20)18-8-3-1-4-9-18/h1-15,17H,(H,27,31)/b19-14+. The molecule has 1 aromatic heterocycles. The van der Waals surface area contributed by atoms with Gasteiger partial charge in [-0.15, -0.1) is 0 Å². The summed E-state index contributed by atoms with van der Waals surface area (Å²) in [6.45, 7) is 0. The molecule has 4 rings (SSSR count). The first-order valence-corrected chi connectivity index (χ1v) is 9.93. The van der Waals surface area contributed by atoms with Crippen LogP contribution in [0.5, 0.6) is 0 Å². The molecule has 1 amide bonds. The number of nitro benzene ring substituents is 1. The predicted molar refractivity (Wildman–Crippen MR) is 124 cm³/mol. The van der Waals surface area contributed by atoms with Crippen molar-refractivity contribution in [3.8, 4) is 23.0 Å². The number of nitro groups is 1. The topological polar surface area (TPSA) is 114 Å². The molecule has 0 atom stereocenters. The number of nitrogens with one attached hydrogen (secondary N) is 1. The number of hydrogen-bond acceptors (Lipinski definition) is 5. The summed E-state index contributed by atoms with van der Waals surface area (Å²) in [5.41, 5.74) is 2.74. The van der Waals surface area contributed by atoms with Crippen molar-refractivity contribution in [2.24, 2.45) is 0 Å². The highest BCUT2D eigenvalue weighted by molar-refractivity contribution is 6.10. The van der Waals surface area contributed by atoms with E-state index < -0.39 is 10.8 Å². The lowest BCUT2D eigenvalue weighted by atomic mass is 10.1. The number of nitriles is 1. The van der Waals surface area contributed by atoms with Gasteiger partial charge in [0.05, 0.1) is 16.3 Å². The number of amides is 1. The lowest BCUT2D eigenvalue weighted by Crippen LogP contribution is -2.13. The summed E-state index contributed by atoms with van der Waals surface area (Å²) in [7, 11) is 0. The molecule has 0 aliphatic carbocycles. The first-order chi connectivity index (χ1) is 16.0. The Kier molecular flexibility index (Phi) is 6.05. The molecule has 0 aliphatic rings. The molecular weight excluding hydrogens is 418 g/mol. The molecule has 0 spiro atoms. The van der Waals surface area contributed by atoms with Crippen LogP contribution in [0.15, 0.2) is 96.7 Å². The van der Waals surface area contributed by atoms with Crippen LogP contribution in [0.2, 0.25) is 0 Å². The van der Waals surface area contributed by atoms with Gasteiger partial charge in [0.15, 0.2) is 0 Å². The second kappa shape index (κ2) is 9.41. The van der Waals surface area contributed by atoms with Gasteiger partial charge < -0.3 is 5.32 Å². The molecule has 0 unspecified atom stereocenters. The van der Waals surface area contributed by atoms with E-state index in [1.54, 1.807) is 10.9 Å². The Labute approximate surface area is 189 Å². The van der Waals surface area contributed by atoms with E-state index in [-0.39, 0.29) is 16.9 Å². The molecule has 1 heterocycles. The van der Waals surface area contributed by atoms with E-state index in [1.807, 2.05) is 66.7 Å². The molecular formula is C25H17N5O3. The Hall–Kier alpha value is -5.03. The molecule has 160 valence electrons. The molecule has 0 aliphatic heterocycles. The number of rotatable bonds is 6. The normalized spacial score (nSPS) is 10.9. The maximum atomic E-state index is 12.8. The number of carbonyl (C=O) groups is 1. The van der Waals surface area contributed by atoms with Gasteiger partial charge in [0.1, 0.15) is 11.6 Å². The van der Waals surface area contributed by atoms with E-state index in [0.717, 1.165) is 11.3 Å². The fourth-order valence-corrected chi connectivity index (χ4v) is 3.23. The number of carbonyl (C=O) groups excluding carboxylic acids is 1. The molecule has 0 bridgehead atoms. The van der Waals surface area contributed by atoms with Gasteiger partial charge in [0.25, 0.3) is 11.6 Å². The Bertz CT molecular complexity index is 1390. The maximum absolute atomic E-state index is 12.8. The second-order valence-corrected chi connectivity index (χ2v) is 7.01. The van der Waals surface area contributed by atoms with Gasteiger partial charge in [0, 0.05) is 35.1 Å². The number of aromatic nitrogens is 2. The Morgan fingerprint density at radius 1 is 1.03 bits per heavy atom. The van der Waals surface area contributed by atoms with Crippen LogP contribution in [-0.4, -0.2) is 20.6 Å². The summed E-state index contributed by atoms with van der Waals surface area (Å²) in [5.74, 6) is -0.676. The third kappa shape index (κ3) is 4.84. The van der Waals surface area contributed by atoms with Crippen molar-refractivity contribution in [3.05, 3.63) is 112 Å². The third-order valence-corrected chi connectivity index (χ3v) is 4.79. The fraction of sp³-hybridized carbons (Fsp3) is 0. The van der Waals surface area contributed by atoms with Crippen molar-refractivity contribution < 1.29 is 9.72 Å². The van der Waals surface area contributed by atoms with Crippen LogP contribution < -0.4 is 5.32 Å². The lowest BCUT2D eigenvalue weighted by Gasteiger charge is -2.04. The zero-order chi connectivity index (χ0) is 23.2. The molecule has 0 saturated carbocycles. The van der Waals surface area contributed by atoms with Crippen molar-refractivity contribution >= 4 is 23.4 Å². The summed E-state index contributed by atoms with van der Waals surface area (Å²) in [6, 6.07) is 26.4. The van der Waals surface area contributed by atoms with Gasteiger partial charge in [-0.25, -0.2) is 4.68 Å². The zero-order valence-electron chi connectivity index (χ0n) is 17.3. The molecule has 8 heteroatoms. The Balaban J connectivity index is 1.72. The van der Waals surface area contributed by atoms with E-state index in [2.05, 4.69) is 10.4 Å². The van der Waals surface area contributed by atoms with Crippen molar-refractivity contribution in [3.63, 3.8) is 0 Å². The Morgan fingerprint density at radius 3 is 2.39 bits per heavy atom. The van der Waals surface area contributed by atoms with Crippen LogP contribution in [0.3, 0.4) is 0 Å². The van der Waals surface area contributed by atoms with E-state index in [0.29, 0.717) is 11.3 Å². The minimum absolute atomic E-state index is 0.161. The van der Waals surface area contributed by atoms with Crippen LogP contribution >= 0.6 is 0 Å². The minimum atomic E-state index is -0.676. The lowest BCUT2D eigenvalue weighted by molar-refractivity contribution is -0.384. The molecule has 8 nitrogen and oxygen atoms in total. The van der Waals surface area contributed by atoms with Crippen LogP contribution in [0.4, 0.5) is 11.4 Å². The first kappa shape index (κ1) is 21.2. The van der Waals surface area contributed by atoms with Gasteiger partial charge >= 0.3 is 0 Å². The predicted octanol–water partition coefficient (Wildman–Crippen LogP) is 4.99. The monoisotopic (exact) mass is 435 g/mol. The quantitative estimate of drug-likeness (QED) is 0.198. The fourth-order valence-electron chi connectivity index (χ4n) is 3.23. The van der Waals surface area contributed by atoms with Crippen LogP contribution in [0.1, 0.15) is 5.56 Å². The number of nitrogens with zero attached hydrogens (tertiary/aromatic N) is 4. The average molecular weight is 435 g/mol. The molecule has 33 heavy (non-hydrogen) atoms. The molecule has 0 radical (unpaired) electrons. The van der Waals surface area contributed by atoms with Crippen molar-refractivity contribution in [1.29, 1.82) is 5.26 Å². The van der Waals surface area contributed by atoms with Crippen LogP contribution in [0, 0.1) is 21.4 Å². The molecule has 0 fully saturated rings. The number of hydrogen-bond donors (Lipinski definition) is 1. The van der Waals surface area contributed by atoms with Crippen molar-refractivity contribution in [1.82, 2.24) is 9.78 Å². The van der Waals surface area contributed by atoms with Gasteiger partial charge in [-0.1, -0.05) is 54.6 Å². The third-order valence-electron chi connectivity index (χ3n) is 4.79. The minimum Gasteiger partial charge on any atom is -0.321 e. The zero-order valence-corrected chi connectivity index (χ0v) is 17.3. The van der Waals surface area contributed by atoms with Gasteiger partial charge in [0.2, 0.25) is 0 Å². The van der Waals surface area contributed by atoms with Gasteiger partial charge in [-0.05, 0) is 24.3 Å². The summed E-state index contributed by atoms with van der Waals surface area (Å²) in [6.07, 6.45) is 3.21. The SMILES string of the molecule is N#C/C(=C\c1cn(-c2ccccc2)nc1-c1ccccc1)C(=O)Nc1cccc([N+](=O)[O-])c1. The van der Waals surface area contributed by atoms with E-state index in [4.69, 9.17) is 0 Å². The number of non-ortho nitro benzene ring substituents is 1. The van der Waals surface area contributed by atoms with Crippen molar-refractivity contribution in [2.45, 2.75) is 0 Å². The van der Waals surface area contributed by atoms with E-state index in [1.165, 1.54) is 30.3 Å². The maximum Gasteiger partial charge on any atom is 0.271 e. The summed E-state index contributed by atoms with van der Waals surface area (Å²) < 4.78 is 1.68. The number of anilines is 1. The first-order valence-electron chi connectivity index (χ1n) is 9.93. The van der Waals surface area contributed by atoms with Crippen LogP contribution in [-0.2, 0) is 4.79 Å². The smallest absolute Gasteiger partial charge is 0.271 e.